The third-order valence-electron chi connectivity index (χ3n) is 4.60. The molecule has 1 aliphatic rings. The highest BCUT2D eigenvalue weighted by atomic mass is 19.1. The number of carbonyl (C=O) groups excluding carboxylic acids is 1. The van der Waals surface area contributed by atoms with Gasteiger partial charge in [-0.05, 0) is 49.9 Å². The van der Waals surface area contributed by atoms with Crippen molar-refractivity contribution in [3.8, 4) is 11.4 Å². The molecular weight excluding hydrogens is 341 g/mol. The smallest absolute Gasteiger partial charge is 0.306 e. The largest absolute Gasteiger partial charge is 0.481 e. The van der Waals surface area contributed by atoms with Gasteiger partial charge in [0, 0.05) is 24.4 Å². The van der Waals surface area contributed by atoms with Gasteiger partial charge in [0.15, 0.2) is 0 Å². The van der Waals surface area contributed by atoms with Gasteiger partial charge in [0.1, 0.15) is 5.82 Å². The lowest BCUT2D eigenvalue weighted by molar-refractivity contribution is -0.141. The molecule has 0 bridgehead atoms. The predicted octanol–water partition coefficient (Wildman–Crippen LogP) is 2.49. The fourth-order valence-corrected chi connectivity index (χ4v) is 3.11. The predicted molar refractivity (Wildman–Crippen MR) is 89.7 cm³/mol. The van der Waals surface area contributed by atoms with Gasteiger partial charge in [-0.2, -0.15) is 4.98 Å². The first-order valence-corrected chi connectivity index (χ1v) is 8.53. The van der Waals surface area contributed by atoms with Crippen molar-refractivity contribution < 1.29 is 23.6 Å². The van der Waals surface area contributed by atoms with E-state index in [0.717, 1.165) is 0 Å². The minimum atomic E-state index is -0.809. The molecule has 0 radical (unpaired) electrons. The fraction of sp³-hybridized carbons (Fsp3) is 0.444. The van der Waals surface area contributed by atoms with E-state index in [2.05, 4.69) is 15.5 Å². The molecule has 8 heteroatoms. The molecule has 2 N–H and O–H groups in total. The lowest BCUT2D eigenvalue weighted by atomic mass is 10.1. The molecule has 1 aromatic heterocycles. The standard InChI is InChI=1S/C18H20FN3O4/c1-10-8-11(3-5-14(10)19)17-21-16(26-22-17)7-6-15(23)20-13-4-2-12(9-13)18(24)25/h3,5,8,12-13H,2,4,6-7,9H2,1H3,(H,20,23)(H,24,25)/t12-,13+/m0/s1. The maximum Gasteiger partial charge on any atom is 0.306 e. The van der Waals surface area contributed by atoms with Crippen LogP contribution in [0.4, 0.5) is 4.39 Å². The molecule has 0 aliphatic heterocycles. The number of nitrogens with one attached hydrogen (secondary N) is 1. The Kier molecular flexibility index (Phi) is 5.29. The molecule has 1 amide bonds. The molecule has 7 nitrogen and oxygen atoms in total. The molecule has 3 rings (SSSR count). The highest BCUT2D eigenvalue weighted by Gasteiger charge is 2.30. The van der Waals surface area contributed by atoms with Crippen molar-refractivity contribution in [2.24, 2.45) is 5.92 Å². The first kappa shape index (κ1) is 18.0. The van der Waals surface area contributed by atoms with Crippen molar-refractivity contribution in [3.63, 3.8) is 0 Å². The first-order valence-electron chi connectivity index (χ1n) is 8.53. The number of halogens is 1. The number of benzene rings is 1. The van der Waals surface area contributed by atoms with Crippen LogP contribution in [0.15, 0.2) is 22.7 Å². The number of nitrogens with zero attached hydrogens (tertiary/aromatic N) is 2. The van der Waals surface area contributed by atoms with Gasteiger partial charge in [-0.25, -0.2) is 4.39 Å². The van der Waals surface area contributed by atoms with Crippen molar-refractivity contribution >= 4 is 11.9 Å². The lowest BCUT2D eigenvalue weighted by Gasteiger charge is -2.11. The van der Waals surface area contributed by atoms with Gasteiger partial charge in [-0.15, -0.1) is 0 Å². The first-order chi connectivity index (χ1) is 12.4. The molecular formula is C18H20FN3O4. The van der Waals surface area contributed by atoms with Gasteiger partial charge in [0.2, 0.25) is 17.6 Å². The molecule has 1 aromatic carbocycles. The topological polar surface area (TPSA) is 105 Å². The molecule has 2 atom stereocenters. The molecule has 1 saturated carbocycles. The summed E-state index contributed by atoms with van der Waals surface area (Å²) < 4.78 is 18.5. The van der Waals surface area contributed by atoms with Crippen LogP contribution >= 0.6 is 0 Å². The van der Waals surface area contributed by atoms with E-state index in [0.29, 0.717) is 42.1 Å². The third kappa shape index (κ3) is 4.25. The lowest BCUT2D eigenvalue weighted by Crippen LogP contribution is -2.33. The summed E-state index contributed by atoms with van der Waals surface area (Å²) in [5, 5.41) is 15.7. The van der Waals surface area contributed by atoms with Crippen LogP contribution in [0.25, 0.3) is 11.4 Å². The van der Waals surface area contributed by atoms with E-state index >= 15 is 0 Å². The van der Waals surface area contributed by atoms with Crippen LogP contribution in [-0.4, -0.2) is 33.2 Å². The van der Waals surface area contributed by atoms with Gasteiger partial charge >= 0.3 is 5.97 Å². The van der Waals surface area contributed by atoms with E-state index in [1.165, 1.54) is 6.07 Å². The van der Waals surface area contributed by atoms with Gasteiger partial charge in [-0.3, -0.25) is 9.59 Å². The summed E-state index contributed by atoms with van der Waals surface area (Å²) in [6.45, 7) is 1.65. The highest BCUT2D eigenvalue weighted by molar-refractivity contribution is 5.77. The molecule has 1 heterocycles. The van der Waals surface area contributed by atoms with Crippen LogP contribution in [-0.2, 0) is 16.0 Å². The Morgan fingerprint density at radius 3 is 2.88 bits per heavy atom. The monoisotopic (exact) mass is 361 g/mol. The summed E-state index contributed by atoms with van der Waals surface area (Å²) in [4.78, 5) is 27.2. The van der Waals surface area contributed by atoms with Gasteiger partial charge in [0.25, 0.3) is 0 Å². The Morgan fingerprint density at radius 1 is 1.38 bits per heavy atom. The van der Waals surface area contributed by atoms with Crippen LogP contribution in [0.5, 0.6) is 0 Å². The minimum Gasteiger partial charge on any atom is -0.481 e. The Hall–Kier alpha value is -2.77. The summed E-state index contributed by atoms with van der Waals surface area (Å²) >= 11 is 0. The summed E-state index contributed by atoms with van der Waals surface area (Å²) in [7, 11) is 0. The Morgan fingerprint density at radius 2 is 2.19 bits per heavy atom. The number of carboxylic acid groups (broad SMARTS) is 1. The van der Waals surface area contributed by atoms with E-state index in [1.807, 2.05) is 0 Å². The van der Waals surface area contributed by atoms with Gasteiger partial charge < -0.3 is 14.9 Å². The fourth-order valence-electron chi connectivity index (χ4n) is 3.11. The van der Waals surface area contributed by atoms with E-state index in [9.17, 15) is 14.0 Å². The van der Waals surface area contributed by atoms with Gasteiger partial charge in [0.05, 0.1) is 5.92 Å². The summed E-state index contributed by atoms with van der Waals surface area (Å²) in [6.07, 6.45) is 2.20. The number of aliphatic carboxylic acids is 1. The second-order valence-corrected chi connectivity index (χ2v) is 6.59. The summed E-state index contributed by atoms with van der Waals surface area (Å²) in [5.74, 6) is -0.977. The minimum absolute atomic E-state index is 0.0935. The number of hydrogen-bond donors (Lipinski definition) is 2. The Bertz CT molecular complexity index is 821. The van der Waals surface area contributed by atoms with Crippen LogP contribution in [0.3, 0.4) is 0 Å². The van der Waals surface area contributed by atoms with Crippen molar-refractivity contribution in [1.29, 1.82) is 0 Å². The van der Waals surface area contributed by atoms with E-state index in [1.54, 1.807) is 19.1 Å². The number of rotatable bonds is 6. The highest BCUT2D eigenvalue weighted by Crippen LogP contribution is 2.25. The molecule has 0 saturated heterocycles. The van der Waals surface area contributed by atoms with Crippen molar-refractivity contribution in [1.82, 2.24) is 15.5 Å². The molecule has 0 unspecified atom stereocenters. The van der Waals surface area contributed by atoms with E-state index < -0.39 is 5.97 Å². The van der Waals surface area contributed by atoms with Crippen LogP contribution in [0, 0.1) is 18.7 Å². The number of carboxylic acids is 1. The molecule has 0 spiro atoms. The normalized spacial score (nSPS) is 19.5. The Balaban J connectivity index is 1.51. The molecule has 138 valence electrons. The average Bonchev–Trinajstić information content (AvgIpc) is 3.25. The number of hydrogen-bond acceptors (Lipinski definition) is 5. The number of aromatic nitrogens is 2. The quantitative estimate of drug-likeness (QED) is 0.819. The second kappa shape index (κ2) is 7.63. The maximum absolute atomic E-state index is 13.3. The number of amides is 1. The second-order valence-electron chi connectivity index (χ2n) is 6.59. The number of aryl methyl sites for hydroxylation is 2. The SMILES string of the molecule is Cc1cc(-c2noc(CCC(=O)N[C@@H]3CC[C@H](C(=O)O)C3)n2)ccc1F. The van der Waals surface area contributed by atoms with E-state index in [-0.39, 0.29) is 36.5 Å². The van der Waals surface area contributed by atoms with Crippen molar-refractivity contribution in [3.05, 3.63) is 35.5 Å². The maximum atomic E-state index is 13.3. The molecule has 1 fully saturated rings. The average molecular weight is 361 g/mol. The van der Waals surface area contributed by atoms with Gasteiger partial charge in [-0.1, -0.05) is 5.16 Å². The zero-order chi connectivity index (χ0) is 18.7. The van der Waals surface area contributed by atoms with Crippen molar-refractivity contribution in [2.45, 2.75) is 45.1 Å². The van der Waals surface area contributed by atoms with Crippen molar-refractivity contribution in [2.75, 3.05) is 0 Å². The van der Waals surface area contributed by atoms with Crippen LogP contribution in [0.1, 0.15) is 37.1 Å². The molecule has 1 aliphatic carbocycles. The zero-order valence-electron chi connectivity index (χ0n) is 14.4. The van der Waals surface area contributed by atoms with Crippen LogP contribution < -0.4 is 5.32 Å². The third-order valence-corrected chi connectivity index (χ3v) is 4.60. The summed E-state index contributed by atoms with van der Waals surface area (Å²) in [5.41, 5.74) is 1.14. The molecule has 26 heavy (non-hydrogen) atoms. The Labute approximate surface area is 149 Å². The number of carbonyl (C=O) groups is 2. The molecule has 2 aromatic rings. The van der Waals surface area contributed by atoms with E-state index in [4.69, 9.17) is 9.63 Å². The van der Waals surface area contributed by atoms with Crippen LogP contribution in [0.2, 0.25) is 0 Å². The zero-order valence-corrected chi connectivity index (χ0v) is 14.4. The summed E-state index contributed by atoms with van der Waals surface area (Å²) in [6, 6.07) is 4.46.